The molecule has 0 radical (unpaired) electrons. The molecule has 0 aliphatic heterocycles. The highest BCUT2D eigenvalue weighted by Crippen LogP contribution is 2.36. The molecule has 17 heavy (non-hydrogen) atoms. The zero-order valence-corrected chi connectivity index (χ0v) is 10.0. The van der Waals surface area contributed by atoms with E-state index in [1.54, 1.807) is 6.07 Å². The molecule has 0 aromatic carbocycles. The van der Waals surface area contributed by atoms with Crippen molar-refractivity contribution in [1.82, 2.24) is 15.2 Å². The van der Waals surface area contributed by atoms with Crippen molar-refractivity contribution in [2.24, 2.45) is 0 Å². The first-order chi connectivity index (χ1) is 8.31. The number of aromatic amines is 1. The lowest BCUT2D eigenvalue weighted by molar-refractivity contribution is 0.410. The maximum absolute atomic E-state index is 5.82. The SMILES string of the molecule is Clc1cccc(Nc2cc(C3CCC3)n[nH]2)n1. The van der Waals surface area contributed by atoms with Gasteiger partial charge in [-0.05, 0) is 25.0 Å². The van der Waals surface area contributed by atoms with Crippen LogP contribution in [-0.4, -0.2) is 15.2 Å². The number of aromatic nitrogens is 3. The predicted octanol–water partition coefficient (Wildman–Crippen LogP) is 3.47. The Morgan fingerprint density at radius 2 is 2.24 bits per heavy atom. The third-order valence-electron chi connectivity index (χ3n) is 3.10. The molecule has 1 saturated carbocycles. The molecule has 5 heteroatoms. The van der Waals surface area contributed by atoms with Crippen LogP contribution in [0.2, 0.25) is 5.15 Å². The summed E-state index contributed by atoms with van der Waals surface area (Å²) < 4.78 is 0. The average molecular weight is 249 g/mol. The van der Waals surface area contributed by atoms with Crippen LogP contribution in [0.3, 0.4) is 0 Å². The van der Waals surface area contributed by atoms with Gasteiger partial charge in [0.25, 0.3) is 0 Å². The molecule has 0 atom stereocenters. The van der Waals surface area contributed by atoms with Crippen LogP contribution in [0.15, 0.2) is 24.3 Å². The van der Waals surface area contributed by atoms with Gasteiger partial charge in [0.05, 0.1) is 5.69 Å². The van der Waals surface area contributed by atoms with Crippen LogP contribution < -0.4 is 5.32 Å². The Kier molecular flexibility index (Phi) is 2.73. The third-order valence-corrected chi connectivity index (χ3v) is 3.31. The predicted molar refractivity (Wildman–Crippen MR) is 67.7 cm³/mol. The van der Waals surface area contributed by atoms with Gasteiger partial charge in [-0.2, -0.15) is 5.10 Å². The highest BCUT2D eigenvalue weighted by Gasteiger charge is 2.21. The van der Waals surface area contributed by atoms with Crippen LogP contribution in [-0.2, 0) is 0 Å². The smallest absolute Gasteiger partial charge is 0.133 e. The normalized spacial score (nSPS) is 15.6. The molecule has 0 amide bonds. The molecular weight excluding hydrogens is 236 g/mol. The number of anilines is 2. The summed E-state index contributed by atoms with van der Waals surface area (Å²) in [7, 11) is 0. The highest BCUT2D eigenvalue weighted by atomic mass is 35.5. The van der Waals surface area contributed by atoms with Crippen LogP contribution >= 0.6 is 11.6 Å². The molecule has 0 saturated heterocycles. The Morgan fingerprint density at radius 1 is 1.35 bits per heavy atom. The van der Waals surface area contributed by atoms with Crippen molar-refractivity contribution in [3.8, 4) is 0 Å². The Hall–Kier alpha value is -1.55. The van der Waals surface area contributed by atoms with E-state index in [0.29, 0.717) is 11.1 Å². The van der Waals surface area contributed by atoms with Gasteiger partial charge in [-0.25, -0.2) is 4.98 Å². The monoisotopic (exact) mass is 248 g/mol. The van der Waals surface area contributed by atoms with Gasteiger partial charge >= 0.3 is 0 Å². The molecule has 0 spiro atoms. The van der Waals surface area contributed by atoms with Gasteiger partial charge in [-0.1, -0.05) is 24.1 Å². The first-order valence-electron chi connectivity index (χ1n) is 5.76. The summed E-state index contributed by atoms with van der Waals surface area (Å²) in [6, 6.07) is 7.53. The first kappa shape index (κ1) is 10.6. The van der Waals surface area contributed by atoms with Crippen LogP contribution in [0.1, 0.15) is 30.9 Å². The first-order valence-corrected chi connectivity index (χ1v) is 6.14. The van der Waals surface area contributed by atoms with Crippen molar-refractivity contribution in [1.29, 1.82) is 0 Å². The maximum Gasteiger partial charge on any atom is 0.133 e. The molecule has 2 N–H and O–H groups in total. The lowest BCUT2D eigenvalue weighted by Gasteiger charge is -2.22. The van der Waals surface area contributed by atoms with E-state index in [9.17, 15) is 0 Å². The average Bonchev–Trinajstić information content (AvgIpc) is 2.63. The van der Waals surface area contributed by atoms with Crippen LogP contribution in [0.4, 0.5) is 11.6 Å². The number of rotatable bonds is 3. The summed E-state index contributed by atoms with van der Waals surface area (Å²) in [5, 5.41) is 10.9. The molecule has 0 unspecified atom stereocenters. The lowest BCUT2D eigenvalue weighted by Crippen LogP contribution is -2.08. The summed E-state index contributed by atoms with van der Waals surface area (Å²) in [6.45, 7) is 0. The molecule has 1 aliphatic rings. The van der Waals surface area contributed by atoms with Gasteiger partial charge in [0, 0.05) is 12.0 Å². The van der Waals surface area contributed by atoms with Crippen molar-refractivity contribution in [2.45, 2.75) is 25.2 Å². The number of hydrogen-bond acceptors (Lipinski definition) is 3. The fraction of sp³-hybridized carbons (Fsp3) is 0.333. The second-order valence-corrected chi connectivity index (χ2v) is 4.69. The Labute approximate surface area is 104 Å². The molecule has 3 rings (SSSR count). The summed E-state index contributed by atoms with van der Waals surface area (Å²) in [5.74, 6) is 2.22. The largest absolute Gasteiger partial charge is 0.325 e. The minimum Gasteiger partial charge on any atom is -0.325 e. The van der Waals surface area contributed by atoms with Gasteiger partial charge < -0.3 is 5.32 Å². The highest BCUT2D eigenvalue weighted by molar-refractivity contribution is 6.29. The van der Waals surface area contributed by atoms with E-state index in [2.05, 4.69) is 20.5 Å². The number of nitrogens with one attached hydrogen (secondary N) is 2. The second-order valence-electron chi connectivity index (χ2n) is 4.30. The summed E-state index contributed by atoms with van der Waals surface area (Å²) in [6.07, 6.45) is 3.82. The Balaban J connectivity index is 1.74. The molecule has 1 aliphatic carbocycles. The Bertz CT molecular complexity index is 519. The van der Waals surface area contributed by atoms with Gasteiger partial charge in [0.2, 0.25) is 0 Å². The number of halogens is 1. The zero-order chi connectivity index (χ0) is 11.7. The van der Waals surface area contributed by atoms with Crippen LogP contribution in [0.25, 0.3) is 0 Å². The molecular formula is C12H13ClN4. The number of hydrogen-bond donors (Lipinski definition) is 2. The van der Waals surface area contributed by atoms with Gasteiger partial charge in [-0.3, -0.25) is 5.10 Å². The fourth-order valence-electron chi connectivity index (χ4n) is 1.93. The molecule has 1 fully saturated rings. The standard InChI is InChI=1S/C12H13ClN4/c13-10-5-2-6-11(14-10)15-12-7-9(16-17-12)8-3-1-4-8/h2,5-8H,1,3-4H2,(H2,14,15,16,17). The van der Waals surface area contributed by atoms with E-state index >= 15 is 0 Å². The van der Waals surface area contributed by atoms with E-state index in [0.717, 1.165) is 17.3 Å². The minimum absolute atomic E-state index is 0.480. The Morgan fingerprint density at radius 3 is 2.94 bits per heavy atom. The van der Waals surface area contributed by atoms with Crippen LogP contribution in [0, 0.1) is 0 Å². The van der Waals surface area contributed by atoms with Crippen molar-refractivity contribution >= 4 is 23.2 Å². The molecule has 2 aromatic rings. The van der Waals surface area contributed by atoms with Crippen molar-refractivity contribution in [3.05, 3.63) is 35.1 Å². The molecule has 88 valence electrons. The van der Waals surface area contributed by atoms with Crippen molar-refractivity contribution in [2.75, 3.05) is 5.32 Å². The number of H-pyrrole nitrogens is 1. The minimum atomic E-state index is 0.480. The molecule has 2 heterocycles. The summed E-state index contributed by atoms with van der Waals surface area (Å²) in [4.78, 5) is 4.16. The lowest BCUT2D eigenvalue weighted by atomic mass is 9.83. The maximum atomic E-state index is 5.82. The molecule has 2 aromatic heterocycles. The van der Waals surface area contributed by atoms with Gasteiger partial charge in [-0.15, -0.1) is 0 Å². The van der Waals surface area contributed by atoms with E-state index in [1.807, 2.05) is 18.2 Å². The quantitative estimate of drug-likeness (QED) is 0.818. The van der Waals surface area contributed by atoms with Gasteiger partial charge in [0.15, 0.2) is 0 Å². The van der Waals surface area contributed by atoms with E-state index in [-0.39, 0.29) is 0 Å². The topological polar surface area (TPSA) is 53.6 Å². The van der Waals surface area contributed by atoms with E-state index in [1.165, 1.54) is 19.3 Å². The van der Waals surface area contributed by atoms with E-state index < -0.39 is 0 Å². The summed E-state index contributed by atoms with van der Waals surface area (Å²) >= 11 is 5.82. The van der Waals surface area contributed by atoms with E-state index in [4.69, 9.17) is 11.6 Å². The zero-order valence-electron chi connectivity index (χ0n) is 9.28. The van der Waals surface area contributed by atoms with Crippen LogP contribution in [0.5, 0.6) is 0 Å². The fourth-order valence-corrected chi connectivity index (χ4v) is 2.09. The molecule has 0 bridgehead atoms. The van der Waals surface area contributed by atoms with Crippen molar-refractivity contribution < 1.29 is 0 Å². The molecule has 4 nitrogen and oxygen atoms in total. The van der Waals surface area contributed by atoms with Gasteiger partial charge in [0.1, 0.15) is 16.8 Å². The second kappa shape index (κ2) is 4.37. The summed E-state index contributed by atoms with van der Waals surface area (Å²) in [5.41, 5.74) is 1.14. The third kappa shape index (κ3) is 2.26. The van der Waals surface area contributed by atoms with Crippen molar-refractivity contribution in [3.63, 3.8) is 0 Å². The number of nitrogens with zero attached hydrogens (tertiary/aromatic N) is 2. The number of pyridine rings is 1.